The minimum absolute atomic E-state index is 0.0582. The molecular weight excluding hydrogens is 304 g/mol. The molecule has 4 rings (SSSR count). The van der Waals surface area contributed by atoms with Crippen molar-refractivity contribution < 1.29 is 14.6 Å². The highest BCUT2D eigenvalue weighted by molar-refractivity contribution is 6.02. The van der Waals surface area contributed by atoms with Gasteiger partial charge in [0.2, 0.25) is 0 Å². The summed E-state index contributed by atoms with van der Waals surface area (Å²) in [5.41, 5.74) is 2.46. The largest absolute Gasteiger partial charge is 0.504 e. The lowest BCUT2D eigenvalue weighted by Crippen LogP contribution is -2.44. The first kappa shape index (κ1) is 14.9. The molecule has 0 spiro atoms. The Morgan fingerprint density at radius 2 is 2.04 bits per heavy atom. The van der Waals surface area contributed by atoms with E-state index < -0.39 is 0 Å². The predicted molar refractivity (Wildman–Crippen MR) is 91.3 cm³/mol. The van der Waals surface area contributed by atoms with E-state index in [9.17, 15) is 9.90 Å². The summed E-state index contributed by atoms with van der Waals surface area (Å²) in [6, 6.07) is 13.1. The molecule has 1 aliphatic heterocycles. The van der Waals surface area contributed by atoms with Crippen molar-refractivity contribution in [1.82, 2.24) is 4.90 Å². The average Bonchev–Trinajstić information content (AvgIpc) is 3.42. The van der Waals surface area contributed by atoms with Gasteiger partial charge >= 0.3 is 0 Å². The van der Waals surface area contributed by atoms with E-state index in [0.29, 0.717) is 17.9 Å². The van der Waals surface area contributed by atoms with Crippen LogP contribution in [0.4, 0.5) is 5.69 Å². The van der Waals surface area contributed by atoms with Crippen molar-refractivity contribution in [3.8, 4) is 11.5 Å². The van der Waals surface area contributed by atoms with Gasteiger partial charge in [0.25, 0.3) is 5.91 Å². The molecular formula is C19H20N2O3. The van der Waals surface area contributed by atoms with Gasteiger partial charge < -0.3 is 20.1 Å². The highest BCUT2D eigenvalue weighted by Crippen LogP contribution is 2.42. The zero-order valence-electron chi connectivity index (χ0n) is 13.5. The van der Waals surface area contributed by atoms with Crippen LogP contribution in [0.2, 0.25) is 0 Å². The topological polar surface area (TPSA) is 61.8 Å². The van der Waals surface area contributed by atoms with Crippen LogP contribution in [0, 0.1) is 0 Å². The molecule has 5 nitrogen and oxygen atoms in total. The smallest absolute Gasteiger partial charge is 0.258 e. The summed E-state index contributed by atoms with van der Waals surface area (Å²) in [6.07, 6.45) is 1.81. The molecule has 1 saturated carbocycles. The molecule has 2 aromatic carbocycles. The SMILES string of the molecule is CCOc1cc(C2Nc3ccccc3C(=O)N2C2CC2)ccc1O. The highest BCUT2D eigenvalue weighted by atomic mass is 16.5. The molecule has 24 heavy (non-hydrogen) atoms. The van der Waals surface area contributed by atoms with Gasteiger partial charge in [-0.25, -0.2) is 0 Å². The Kier molecular flexibility index (Phi) is 3.56. The van der Waals surface area contributed by atoms with Gasteiger partial charge in [0.05, 0.1) is 12.2 Å². The van der Waals surface area contributed by atoms with Crippen LogP contribution in [0.5, 0.6) is 11.5 Å². The van der Waals surface area contributed by atoms with Gasteiger partial charge in [0.15, 0.2) is 11.5 Å². The summed E-state index contributed by atoms with van der Waals surface area (Å²) in [5, 5.41) is 13.4. The minimum atomic E-state index is -0.250. The van der Waals surface area contributed by atoms with E-state index in [4.69, 9.17) is 4.74 Å². The molecule has 1 fully saturated rings. The first-order valence-corrected chi connectivity index (χ1v) is 8.33. The summed E-state index contributed by atoms with van der Waals surface area (Å²) in [6.45, 7) is 2.35. The van der Waals surface area contributed by atoms with Crippen molar-refractivity contribution in [3.63, 3.8) is 0 Å². The van der Waals surface area contributed by atoms with Crippen LogP contribution in [-0.4, -0.2) is 28.6 Å². The molecule has 0 bridgehead atoms. The number of anilines is 1. The number of nitrogens with zero attached hydrogens (tertiary/aromatic N) is 1. The van der Waals surface area contributed by atoms with E-state index in [1.54, 1.807) is 6.07 Å². The van der Waals surface area contributed by atoms with E-state index in [-0.39, 0.29) is 23.9 Å². The van der Waals surface area contributed by atoms with Crippen LogP contribution in [0.25, 0.3) is 0 Å². The van der Waals surface area contributed by atoms with Crippen molar-refractivity contribution in [1.29, 1.82) is 0 Å². The Morgan fingerprint density at radius 3 is 2.79 bits per heavy atom. The number of phenols is 1. The minimum Gasteiger partial charge on any atom is -0.504 e. The molecule has 1 aliphatic carbocycles. The third-order valence-corrected chi connectivity index (χ3v) is 4.50. The van der Waals surface area contributed by atoms with E-state index >= 15 is 0 Å². The summed E-state index contributed by atoms with van der Waals surface area (Å²) in [7, 11) is 0. The molecule has 0 saturated heterocycles. The fraction of sp³-hybridized carbons (Fsp3) is 0.316. The summed E-state index contributed by atoms with van der Waals surface area (Å²) >= 11 is 0. The van der Waals surface area contributed by atoms with Crippen LogP contribution < -0.4 is 10.1 Å². The molecule has 2 N–H and O–H groups in total. The second-order valence-corrected chi connectivity index (χ2v) is 6.20. The number of rotatable bonds is 4. The molecule has 1 unspecified atom stereocenters. The second kappa shape index (κ2) is 5.74. The molecule has 5 heteroatoms. The normalized spacial score (nSPS) is 19.6. The predicted octanol–water partition coefficient (Wildman–Crippen LogP) is 3.52. The van der Waals surface area contributed by atoms with Gasteiger partial charge in [-0.1, -0.05) is 18.2 Å². The first-order chi connectivity index (χ1) is 11.7. The maximum Gasteiger partial charge on any atom is 0.258 e. The van der Waals surface area contributed by atoms with Gasteiger partial charge in [-0.05, 0) is 49.6 Å². The molecule has 1 amide bonds. The number of carbonyl (C=O) groups is 1. The van der Waals surface area contributed by atoms with Gasteiger partial charge in [-0.3, -0.25) is 4.79 Å². The van der Waals surface area contributed by atoms with Crippen LogP contribution in [0.1, 0.15) is 41.9 Å². The summed E-state index contributed by atoms with van der Waals surface area (Å²) in [5.74, 6) is 0.614. The summed E-state index contributed by atoms with van der Waals surface area (Å²) in [4.78, 5) is 14.9. The van der Waals surface area contributed by atoms with Gasteiger partial charge in [0.1, 0.15) is 6.17 Å². The number of para-hydroxylation sites is 1. The molecule has 1 heterocycles. The third kappa shape index (κ3) is 2.46. The quantitative estimate of drug-likeness (QED) is 0.903. The highest BCUT2D eigenvalue weighted by Gasteiger charge is 2.42. The van der Waals surface area contributed by atoms with E-state index in [1.807, 2.05) is 48.2 Å². The first-order valence-electron chi connectivity index (χ1n) is 8.33. The lowest BCUT2D eigenvalue weighted by atomic mass is 10.0. The van der Waals surface area contributed by atoms with Crippen molar-refractivity contribution in [2.75, 3.05) is 11.9 Å². The fourth-order valence-corrected chi connectivity index (χ4v) is 3.21. The Labute approximate surface area is 140 Å². The molecule has 1 atom stereocenters. The number of benzene rings is 2. The zero-order valence-corrected chi connectivity index (χ0v) is 13.5. The third-order valence-electron chi connectivity index (χ3n) is 4.50. The van der Waals surface area contributed by atoms with Gasteiger partial charge in [0, 0.05) is 11.7 Å². The van der Waals surface area contributed by atoms with Crippen molar-refractivity contribution in [2.45, 2.75) is 32.0 Å². The Balaban J connectivity index is 1.76. The Morgan fingerprint density at radius 1 is 1.25 bits per heavy atom. The van der Waals surface area contributed by atoms with E-state index in [2.05, 4.69) is 5.32 Å². The van der Waals surface area contributed by atoms with E-state index in [0.717, 1.165) is 24.1 Å². The number of hydrogen-bond donors (Lipinski definition) is 2. The average molecular weight is 324 g/mol. The number of aromatic hydroxyl groups is 1. The Hall–Kier alpha value is -2.69. The number of fused-ring (bicyclic) bond motifs is 1. The number of nitrogens with one attached hydrogen (secondary N) is 1. The number of hydrogen-bond acceptors (Lipinski definition) is 4. The molecule has 0 aromatic heterocycles. The van der Waals surface area contributed by atoms with Crippen molar-refractivity contribution >= 4 is 11.6 Å². The van der Waals surface area contributed by atoms with Crippen LogP contribution in [0.3, 0.4) is 0 Å². The molecule has 2 aromatic rings. The fourth-order valence-electron chi connectivity index (χ4n) is 3.21. The van der Waals surface area contributed by atoms with Gasteiger partial charge in [-0.2, -0.15) is 0 Å². The van der Waals surface area contributed by atoms with Crippen LogP contribution in [0.15, 0.2) is 42.5 Å². The standard InChI is InChI=1S/C19H20N2O3/c1-2-24-17-11-12(7-10-16(17)22)18-20-15-6-4-3-5-14(15)19(23)21(18)13-8-9-13/h3-7,10-11,13,18,20,22H,2,8-9H2,1H3. The number of carbonyl (C=O) groups excluding carboxylic acids is 1. The van der Waals surface area contributed by atoms with Crippen LogP contribution >= 0.6 is 0 Å². The molecule has 0 radical (unpaired) electrons. The molecule has 124 valence electrons. The maximum atomic E-state index is 13.0. The maximum absolute atomic E-state index is 13.0. The number of amides is 1. The summed E-state index contributed by atoms with van der Waals surface area (Å²) < 4.78 is 5.49. The number of ether oxygens (including phenoxy) is 1. The molecule has 2 aliphatic rings. The van der Waals surface area contributed by atoms with E-state index in [1.165, 1.54) is 0 Å². The Bertz CT molecular complexity index is 786. The second-order valence-electron chi connectivity index (χ2n) is 6.20. The lowest BCUT2D eigenvalue weighted by Gasteiger charge is -2.38. The van der Waals surface area contributed by atoms with Crippen molar-refractivity contribution in [2.24, 2.45) is 0 Å². The van der Waals surface area contributed by atoms with Crippen molar-refractivity contribution in [3.05, 3.63) is 53.6 Å². The lowest BCUT2D eigenvalue weighted by molar-refractivity contribution is 0.0666. The zero-order chi connectivity index (χ0) is 16.7. The van der Waals surface area contributed by atoms with Gasteiger partial charge in [-0.15, -0.1) is 0 Å². The van der Waals surface area contributed by atoms with Crippen LogP contribution in [-0.2, 0) is 0 Å². The number of phenolic OH excluding ortho intramolecular Hbond substituents is 1. The monoisotopic (exact) mass is 324 g/mol.